The Hall–Kier alpha value is -1.66. The van der Waals surface area contributed by atoms with Crippen LogP contribution >= 0.6 is 0 Å². The van der Waals surface area contributed by atoms with Crippen LogP contribution in [0.25, 0.3) is 0 Å². The molecule has 0 aromatic carbocycles. The van der Waals surface area contributed by atoms with E-state index >= 15 is 0 Å². The van der Waals surface area contributed by atoms with E-state index in [9.17, 15) is 24.9 Å². The number of carboxylic acids is 1. The van der Waals surface area contributed by atoms with Crippen LogP contribution in [0, 0.1) is 39.9 Å². The van der Waals surface area contributed by atoms with Crippen molar-refractivity contribution in [2.45, 2.75) is 118 Å². The Kier molecular flexibility index (Phi) is 7.53. The van der Waals surface area contributed by atoms with Gasteiger partial charge < -0.3 is 20.1 Å². The number of aliphatic hydroxyl groups excluding tert-OH is 2. The summed E-state index contributed by atoms with van der Waals surface area (Å²) in [5, 5.41) is 32.9. The average molecular weight is 517 g/mol. The number of hydrogen-bond donors (Lipinski definition) is 3. The maximum absolute atomic E-state index is 12.6. The number of aliphatic carboxylic acids is 1. The molecule has 6 heteroatoms. The minimum atomic E-state index is -0.953. The number of carbonyl (C=O) groups excluding carboxylic acids is 1. The first-order valence-electron chi connectivity index (χ1n) is 14.3. The van der Waals surface area contributed by atoms with E-state index < -0.39 is 24.1 Å². The van der Waals surface area contributed by atoms with Gasteiger partial charge in [0.25, 0.3) is 0 Å². The van der Waals surface area contributed by atoms with Crippen molar-refractivity contribution in [2.75, 3.05) is 0 Å². The second-order valence-corrected chi connectivity index (χ2v) is 13.6. The van der Waals surface area contributed by atoms with Gasteiger partial charge in [0.15, 0.2) is 0 Å². The standard InChI is InChI=1S/C31H48O6/c1-17(2)9-8-10-20(28(35)36)26-22-15-24(34)27-29(5)13-12-23(33)18(3)21(29)11-14-30(27,6)31(22,7)16-25(26)37-19(4)32/h9,18,21-25,27,33-34H,8,10-16H2,1-7H3,(H,35,36)/b26-20+/t18-,21-,22-,23+,24?,25-,27?,29-,30-,31-/m0/s1. The lowest BCUT2D eigenvalue weighted by atomic mass is 9.36. The molecule has 4 fully saturated rings. The van der Waals surface area contributed by atoms with Gasteiger partial charge in [-0.2, -0.15) is 0 Å². The Morgan fingerprint density at radius 2 is 1.70 bits per heavy atom. The Morgan fingerprint density at radius 1 is 1.03 bits per heavy atom. The number of hydrogen-bond acceptors (Lipinski definition) is 5. The maximum atomic E-state index is 12.6. The van der Waals surface area contributed by atoms with Crippen LogP contribution in [-0.2, 0) is 14.3 Å². The van der Waals surface area contributed by atoms with Crippen molar-refractivity contribution in [3.05, 3.63) is 22.8 Å². The quantitative estimate of drug-likeness (QED) is 0.247. The first kappa shape index (κ1) is 28.4. The summed E-state index contributed by atoms with van der Waals surface area (Å²) >= 11 is 0. The topological polar surface area (TPSA) is 104 Å². The zero-order valence-electron chi connectivity index (χ0n) is 23.8. The zero-order chi connectivity index (χ0) is 27.5. The highest BCUT2D eigenvalue weighted by molar-refractivity contribution is 5.88. The molecule has 4 rings (SSSR count). The first-order chi connectivity index (χ1) is 17.2. The summed E-state index contributed by atoms with van der Waals surface area (Å²) in [5.41, 5.74) is 1.57. The summed E-state index contributed by atoms with van der Waals surface area (Å²) < 4.78 is 5.87. The van der Waals surface area contributed by atoms with E-state index in [0.717, 1.165) is 36.8 Å². The first-order valence-corrected chi connectivity index (χ1v) is 14.3. The van der Waals surface area contributed by atoms with Gasteiger partial charge >= 0.3 is 11.9 Å². The van der Waals surface area contributed by atoms with Gasteiger partial charge in [0.1, 0.15) is 6.10 Å². The number of fused-ring (bicyclic) bond motifs is 5. The summed E-state index contributed by atoms with van der Waals surface area (Å²) in [5.74, 6) is -0.909. The fourth-order valence-corrected chi connectivity index (χ4v) is 9.79. The minimum Gasteiger partial charge on any atom is -0.478 e. The summed E-state index contributed by atoms with van der Waals surface area (Å²) in [6, 6.07) is 0. The van der Waals surface area contributed by atoms with Crippen molar-refractivity contribution in [1.82, 2.24) is 0 Å². The second-order valence-electron chi connectivity index (χ2n) is 13.6. The molecule has 0 saturated heterocycles. The lowest BCUT2D eigenvalue weighted by Gasteiger charge is -2.69. The van der Waals surface area contributed by atoms with Crippen LogP contribution in [0.2, 0.25) is 0 Å². The predicted octanol–water partition coefficient (Wildman–Crippen LogP) is 5.67. The van der Waals surface area contributed by atoms with Gasteiger partial charge in [-0.3, -0.25) is 4.79 Å². The molecule has 0 radical (unpaired) electrons. The van der Waals surface area contributed by atoms with E-state index in [0.29, 0.717) is 37.2 Å². The molecule has 0 bridgehead atoms. The van der Waals surface area contributed by atoms with E-state index in [1.807, 2.05) is 19.9 Å². The monoisotopic (exact) mass is 516 g/mol. The van der Waals surface area contributed by atoms with Crippen molar-refractivity contribution in [2.24, 2.45) is 39.9 Å². The molecule has 6 nitrogen and oxygen atoms in total. The van der Waals surface area contributed by atoms with Crippen molar-refractivity contribution in [3.8, 4) is 0 Å². The van der Waals surface area contributed by atoms with Crippen LogP contribution in [0.3, 0.4) is 0 Å². The minimum absolute atomic E-state index is 0.0474. The lowest BCUT2D eigenvalue weighted by molar-refractivity contribution is -0.234. The molecule has 208 valence electrons. The highest BCUT2D eigenvalue weighted by Gasteiger charge is 2.70. The Balaban J connectivity index is 1.82. The van der Waals surface area contributed by atoms with Crippen molar-refractivity contribution in [1.29, 1.82) is 0 Å². The number of rotatable bonds is 5. The van der Waals surface area contributed by atoms with Crippen LogP contribution in [0.4, 0.5) is 0 Å². The lowest BCUT2D eigenvalue weighted by Crippen LogP contribution is -2.65. The van der Waals surface area contributed by atoms with E-state index in [-0.39, 0.29) is 40.1 Å². The van der Waals surface area contributed by atoms with Gasteiger partial charge in [0.05, 0.1) is 12.2 Å². The smallest absolute Gasteiger partial charge is 0.331 e. The molecular weight excluding hydrogens is 468 g/mol. The summed E-state index contributed by atoms with van der Waals surface area (Å²) in [6.07, 6.45) is 6.22. The average Bonchev–Trinajstić information content (AvgIpc) is 3.05. The number of carboxylic acid groups (broad SMARTS) is 1. The summed E-state index contributed by atoms with van der Waals surface area (Å²) in [4.78, 5) is 24.8. The van der Waals surface area contributed by atoms with Gasteiger partial charge in [-0.05, 0) is 111 Å². The molecule has 4 aliphatic carbocycles. The third-order valence-electron chi connectivity index (χ3n) is 11.6. The molecule has 0 aliphatic heterocycles. The van der Waals surface area contributed by atoms with Crippen LogP contribution in [0.5, 0.6) is 0 Å². The molecule has 0 spiro atoms. The molecule has 0 heterocycles. The third kappa shape index (κ3) is 4.40. The number of ether oxygens (including phenoxy) is 1. The molecule has 10 atom stereocenters. The summed E-state index contributed by atoms with van der Waals surface area (Å²) in [6.45, 7) is 14.5. The largest absolute Gasteiger partial charge is 0.478 e. The van der Waals surface area contributed by atoms with Gasteiger partial charge in [0.2, 0.25) is 0 Å². The highest BCUT2D eigenvalue weighted by atomic mass is 16.5. The second kappa shape index (κ2) is 9.82. The molecule has 4 aliphatic rings. The molecule has 3 N–H and O–H groups in total. The number of esters is 1. The fourth-order valence-electron chi connectivity index (χ4n) is 9.79. The van der Waals surface area contributed by atoms with Crippen LogP contribution in [0.15, 0.2) is 22.8 Å². The molecule has 2 unspecified atom stereocenters. The van der Waals surface area contributed by atoms with Gasteiger partial charge in [0, 0.05) is 12.5 Å². The molecule has 0 aromatic rings. The van der Waals surface area contributed by atoms with Crippen LogP contribution in [-0.4, -0.2) is 45.6 Å². The Morgan fingerprint density at radius 3 is 2.30 bits per heavy atom. The Labute approximate surface area is 222 Å². The maximum Gasteiger partial charge on any atom is 0.331 e. The Bertz CT molecular complexity index is 994. The van der Waals surface area contributed by atoms with Gasteiger partial charge in [-0.25, -0.2) is 4.79 Å². The molecule has 0 aromatic heterocycles. The SMILES string of the molecule is CC(=O)O[C@H]1C[C@@]2(C)[C@@H](CC(O)C3[C@]2(C)CC[C@H]2[C@H](C)[C@H](O)CC[C@]32C)/C1=C(/CCC=C(C)C)C(=O)O. The van der Waals surface area contributed by atoms with Crippen molar-refractivity contribution < 1.29 is 29.6 Å². The van der Waals surface area contributed by atoms with Crippen molar-refractivity contribution >= 4 is 11.9 Å². The van der Waals surface area contributed by atoms with E-state index in [2.05, 4.69) is 27.7 Å². The predicted molar refractivity (Wildman–Crippen MR) is 143 cm³/mol. The van der Waals surface area contributed by atoms with Gasteiger partial charge in [-0.1, -0.05) is 39.3 Å². The van der Waals surface area contributed by atoms with Crippen LogP contribution < -0.4 is 0 Å². The number of carbonyl (C=O) groups is 2. The molecule has 4 saturated carbocycles. The third-order valence-corrected chi connectivity index (χ3v) is 11.6. The number of allylic oxidation sites excluding steroid dienone is 2. The molecular formula is C31H48O6. The van der Waals surface area contributed by atoms with Crippen LogP contribution in [0.1, 0.15) is 99.8 Å². The summed E-state index contributed by atoms with van der Waals surface area (Å²) in [7, 11) is 0. The zero-order valence-corrected chi connectivity index (χ0v) is 23.8. The normalized spacial score (nSPS) is 46.2. The van der Waals surface area contributed by atoms with E-state index in [4.69, 9.17) is 4.74 Å². The van der Waals surface area contributed by atoms with Gasteiger partial charge in [-0.15, -0.1) is 0 Å². The molecule has 37 heavy (non-hydrogen) atoms. The molecule has 0 amide bonds. The fraction of sp³-hybridized carbons (Fsp3) is 0.806. The number of aliphatic hydroxyl groups is 2. The highest BCUT2D eigenvalue weighted by Crippen LogP contribution is 2.74. The van der Waals surface area contributed by atoms with E-state index in [1.165, 1.54) is 6.92 Å². The van der Waals surface area contributed by atoms with E-state index in [1.54, 1.807) is 0 Å². The van der Waals surface area contributed by atoms with Crippen molar-refractivity contribution in [3.63, 3.8) is 0 Å².